The van der Waals surface area contributed by atoms with Crippen molar-refractivity contribution in [1.29, 1.82) is 0 Å². The molecule has 0 saturated heterocycles. The maximum atomic E-state index is 11.9. The van der Waals surface area contributed by atoms with E-state index in [1.54, 1.807) is 19.1 Å². The Labute approximate surface area is 68.2 Å². The van der Waals surface area contributed by atoms with Crippen LogP contribution >= 0.6 is 0 Å². The third kappa shape index (κ3) is 1.64. The van der Waals surface area contributed by atoms with E-state index in [4.69, 9.17) is 0 Å². The molecule has 0 aromatic carbocycles. The summed E-state index contributed by atoms with van der Waals surface area (Å²) < 4.78 is 23.8. The predicted molar refractivity (Wildman–Crippen MR) is 39.3 cm³/mol. The number of aryl methyl sites for hydroxylation is 1. The summed E-state index contributed by atoms with van der Waals surface area (Å²) in [5.41, 5.74) is 0.329. The fourth-order valence-corrected chi connectivity index (χ4v) is 0.847. The highest BCUT2D eigenvalue weighted by atomic mass is 19.3. The number of hydrogen-bond donors (Lipinski definition) is 0. The number of carbonyl (C=O) groups excluding carboxylic acids is 1. The van der Waals surface area contributed by atoms with Crippen molar-refractivity contribution >= 4 is 5.78 Å². The van der Waals surface area contributed by atoms with Gasteiger partial charge in [0.05, 0.1) is 0 Å². The normalized spacial score (nSPS) is 10.3. The van der Waals surface area contributed by atoms with E-state index in [1.807, 2.05) is 0 Å². The Hall–Kier alpha value is -1.32. The highest BCUT2D eigenvalue weighted by molar-refractivity contribution is 5.97. The summed E-state index contributed by atoms with van der Waals surface area (Å²) in [4.78, 5) is 14.3. The molecule has 2 nitrogen and oxygen atoms in total. The Kier molecular flexibility index (Phi) is 2.47. The fourth-order valence-electron chi connectivity index (χ4n) is 0.847. The van der Waals surface area contributed by atoms with Crippen LogP contribution in [0, 0.1) is 6.92 Å². The van der Waals surface area contributed by atoms with Gasteiger partial charge in [-0.05, 0) is 18.6 Å². The molecule has 0 unspecified atom stereocenters. The van der Waals surface area contributed by atoms with Crippen molar-refractivity contribution in [2.45, 2.75) is 13.3 Å². The first-order valence-corrected chi connectivity index (χ1v) is 3.37. The lowest BCUT2D eigenvalue weighted by molar-refractivity contribution is 0.0672. The zero-order valence-electron chi connectivity index (χ0n) is 6.42. The minimum absolute atomic E-state index is 0.146. The quantitative estimate of drug-likeness (QED) is 0.635. The molecule has 0 radical (unpaired) electrons. The minimum atomic E-state index is -2.97. The zero-order chi connectivity index (χ0) is 9.14. The van der Waals surface area contributed by atoms with Crippen molar-refractivity contribution in [2.24, 2.45) is 0 Å². The number of hydrogen-bond acceptors (Lipinski definition) is 2. The van der Waals surface area contributed by atoms with Gasteiger partial charge in [-0.25, -0.2) is 8.78 Å². The monoisotopic (exact) mass is 171 g/mol. The van der Waals surface area contributed by atoms with Crippen molar-refractivity contribution in [1.82, 2.24) is 4.98 Å². The summed E-state index contributed by atoms with van der Waals surface area (Å²) in [6.07, 6.45) is -1.65. The maximum Gasteiger partial charge on any atom is 0.302 e. The second-order valence-electron chi connectivity index (χ2n) is 2.33. The second kappa shape index (κ2) is 3.38. The molecule has 0 N–H and O–H groups in total. The second-order valence-corrected chi connectivity index (χ2v) is 2.33. The molecular formula is C8H7F2NO. The van der Waals surface area contributed by atoms with Crippen LogP contribution in [0.1, 0.15) is 16.1 Å². The SMILES string of the molecule is Cc1cccnc1C(=O)C(F)F. The third-order valence-corrected chi connectivity index (χ3v) is 1.44. The lowest BCUT2D eigenvalue weighted by Crippen LogP contribution is -2.13. The Morgan fingerprint density at radius 3 is 2.75 bits per heavy atom. The summed E-state index contributed by atoms with van der Waals surface area (Å²) in [5.74, 6) is -1.21. The topological polar surface area (TPSA) is 30.0 Å². The van der Waals surface area contributed by atoms with Gasteiger partial charge in [0.15, 0.2) is 0 Å². The average Bonchev–Trinajstić information content (AvgIpc) is 2.04. The van der Waals surface area contributed by atoms with Crippen LogP contribution in [-0.2, 0) is 0 Å². The van der Waals surface area contributed by atoms with Gasteiger partial charge >= 0.3 is 6.43 Å². The zero-order valence-corrected chi connectivity index (χ0v) is 6.42. The largest absolute Gasteiger partial charge is 0.302 e. The molecule has 0 aliphatic carbocycles. The first-order valence-electron chi connectivity index (χ1n) is 3.37. The van der Waals surface area contributed by atoms with Crippen LogP contribution in [-0.4, -0.2) is 17.2 Å². The molecular weight excluding hydrogens is 164 g/mol. The molecule has 0 fully saturated rings. The third-order valence-electron chi connectivity index (χ3n) is 1.44. The van der Waals surface area contributed by atoms with Crippen LogP contribution in [0.4, 0.5) is 8.78 Å². The predicted octanol–water partition coefficient (Wildman–Crippen LogP) is 1.84. The van der Waals surface area contributed by atoms with E-state index in [9.17, 15) is 13.6 Å². The summed E-state index contributed by atoms with van der Waals surface area (Å²) in [6.45, 7) is 1.57. The van der Waals surface area contributed by atoms with E-state index in [0.717, 1.165) is 0 Å². The van der Waals surface area contributed by atoms with Gasteiger partial charge < -0.3 is 0 Å². The van der Waals surface area contributed by atoms with Crippen molar-refractivity contribution in [3.05, 3.63) is 29.6 Å². The van der Waals surface area contributed by atoms with Gasteiger partial charge in [0.2, 0.25) is 5.78 Å². The Morgan fingerprint density at radius 1 is 1.58 bits per heavy atom. The number of Topliss-reactive ketones (excluding diaryl/α,β-unsaturated/α-hetero) is 1. The number of rotatable bonds is 2. The van der Waals surface area contributed by atoms with Crippen molar-refractivity contribution in [3.63, 3.8) is 0 Å². The number of halogens is 2. The van der Waals surface area contributed by atoms with Gasteiger partial charge in [-0.3, -0.25) is 9.78 Å². The van der Waals surface area contributed by atoms with E-state index in [2.05, 4.69) is 4.98 Å². The number of carbonyl (C=O) groups is 1. The summed E-state index contributed by atoms with van der Waals surface area (Å²) in [6, 6.07) is 3.17. The lowest BCUT2D eigenvalue weighted by atomic mass is 10.1. The van der Waals surface area contributed by atoms with Gasteiger partial charge in [-0.1, -0.05) is 6.07 Å². The first kappa shape index (κ1) is 8.77. The van der Waals surface area contributed by atoms with E-state index < -0.39 is 12.2 Å². The van der Waals surface area contributed by atoms with E-state index in [0.29, 0.717) is 5.56 Å². The van der Waals surface area contributed by atoms with Crippen LogP contribution < -0.4 is 0 Å². The van der Waals surface area contributed by atoms with Crippen LogP contribution in [0.15, 0.2) is 18.3 Å². The average molecular weight is 171 g/mol. The number of alkyl halides is 2. The Bertz CT molecular complexity index is 299. The van der Waals surface area contributed by atoms with E-state index in [-0.39, 0.29) is 5.69 Å². The Balaban J connectivity index is 3.03. The molecule has 4 heteroatoms. The van der Waals surface area contributed by atoms with Gasteiger partial charge in [0.1, 0.15) is 5.69 Å². The molecule has 0 aliphatic heterocycles. The number of nitrogens with zero attached hydrogens (tertiary/aromatic N) is 1. The number of aromatic nitrogens is 1. The molecule has 0 aliphatic rings. The molecule has 1 rings (SSSR count). The smallest absolute Gasteiger partial charge is 0.286 e. The molecule has 64 valence electrons. The molecule has 1 aromatic rings. The van der Waals surface area contributed by atoms with Crippen molar-refractivity contribution in [2.75, 3.05) is 0 Å². The maximum absolute atomic E-state index is 11.9. The molecule has 1 heterocycles. The highest BCUT2D eigenvalue weighted by Gasteiger charge is 2.20. The van der Waals surface area contributed by atoms with Crippen LogP contribution in [0.5, 0.6) is 0 Å². The van der Waals surface area contributed by atoms with Crippen LogP contribution in [0.3, 0.4) is 0 Å². The summed E-state index contributed by atoms with van der Waals surface area (Å²) in [5, 5.41) is 0. The molecule has 1 aromatic heterocycles. The molecule has 12 heavy (non-hydrogen) atoms. The van der Waals surface area contributed by atoms with Gasteiger partial charge in [0.25, 0.3) is 0 Å². The standard InChI is InChI=1S/C8H7F2NO/c1-5-3-2-4-11-6(5)7(12)8(9)10/h2-4,8H,1H3. The Morgan fingerprint density at radius 2 is 2.25 bits per heavy atom. The van der Waals surface area contributed by atoms with Crippen LogP contribution in [0.25, 0.3) is 0 Å². The van der Waals surface area contributed by atoms with Crippen molar-refractivity contribution < 1.29 is 13.6 Å². The molecule has 0 amide bonds. The molecule has 0 saturated carbocycles. The van der Waals surface area contributed by atoms with Gasteiger partial charge in [-0.15, -0.1) is 0 Å². The van der Waals surface area contributed by atoms with Gasteiger partial charge in [0, 0.05) is 6.20 Å². The van der Waals surface area contributed by atoms with E-state index in [1.165, 1.54) is 6.20 Å². The van der Waals surface area contributed by atoms with Crippen LogP contribution in [0.2, 0.25) is 0 Å². The summed E-state index contributed by atoms with van der Waals surface area (Å²) in [7, 11) is 0. The fraction of sp³-hybridized carbons (Fsp3) is 0.250. The number of pyridine rings is 1. The summed E-state index contributed by atoms with van der Waals surface area (Å²) >= 11 is 0. The molecule has 0 bridgehead atoms. The molecule has 0 spiro atoms. The highest BCUT2D eigenvalue weighted by Crippen LogP contribution is 2.08. The lowest BCUT2D eigenvalue weighted by Gasteiger charge is -2.00. The van der Waals surface area contributed by atoms with Crippen molar-refractivity contribution in [3.8, 4) is 0 Å². The first-order chi connectivity index (χ1) is 5.63. The van der Waals surface area contributed by atoms with E-state index >= 15 is 0 Å². The van der Waals surface area contributed by atoms with Gasteiger partial charge in [-0.2, -0.15) is 0 Å². The number of ketones is 1. The minimum Gasteiger partial charge on any atom is -0.286 e. The molecule has 0 atom stereocenters.